The van der Waals surface area contributed by atoms with Crippen molar-refractivity contribution in [2.24, 2.45) is 11.1 Å². The van der Waals surface area contributed by atoms with E-state index >= 15 is 0 Å². The SMILES string of the molecule is CNC(=O)C1(C)CCN(CCC(N)=O)C1. The van der Waals surface area contributed by atoms with E-state index in [1.807, 2.05) is 6.92 Å². The van der Waals surface area contributed by atoms with Gasteiger partial charge in [-0.1, -0.05) is 0 Å². The number of carbonyl (C=O) groups is 2. The summed E-state index contributed by atoms with van der Waals surface area (Å²) in [7, 11) is 1.65. The Morgan fingerprint density at radius 3 is 2.73 bits per heavy atom. The monoisotopic (exact) mass is 213 g/mol. The first-order valence-electron chi connectivity index (χ1n) is 5.21. The molecule has 5 nitrogen and oxygen atoms in total. The van der Waals surface area contributed by atoms with Gasteiger partial charge in [-0.05, 0) is 19.9 Å². The molecule has 0 aliphatic carbocycles. The average molecular weight is 213 g/mol. The Hall–Kier alpha value is -1.10. The number of nitrogens with two attached hydrogens (primary N) is 1. The smallest absolute Gasteiger partial charge is 0.227 e. The summed E-state index contributed by atoms with van der Waals surface area (Å²) in [6, 6.07) is 0. The molecule has 0 bridgehead atoms. The Bertz CT molecular complexity index is 267. The van der Waals surface area contributed by atoms with Crippen molar-refractivity contribution in [3.05, 3.63) is 0 Å². The molecule has 1 aliphatic heterocycles. The van der Waals surface area contributed by atoms with Crippen LogP contribution in [0.1, 0.15) is 19.8 Å². The van der Waals surface area contributed by atoms with Gasteiger partial charge >= 0.3 is 0 Å². The minimum absolute atomic E-state index is 0.0732. The molecule has 2 amide bonds. The molecule has 0 spiro atoms. The van der Waals surface area contributed by atoms with Crippen molar-refractivity contribution in [1.82, 2.24) is 10.2 Å². The van der Waals surface area contributed by atoms with Crippen molar-refractivity contribution >= 4 is 11.8 Å². The van der Waals surface area contributed by atoms with E-state index in [2.05, 4.69) is 10.2 Å². The van der Waals surface area contributed by atoms with E-state index in [9.17, 15) is 9.59 Å². The lowest BCUT2D eigenvalue weighted by Gasteiger charge is -2.22. The van der Waals surface area contributed by atoms with Gasteiger partial charge < -0.3 is 16.0 Å². The molecule has 1 saturated heterocycles. The molecule has 0 radical (unpaired) electrons. The van der Waals surface area contributed by atoms with Crippen LogP contribution < -0.4 is 11.1 Å². The van der Waals surface area contributed by atoms with E-state index in [1.165, 1.54) is 0 Å². The van der Waals surface area contributed by atoms with Crippen LogP contribution in [0.3, 0.4) is 0 Å². The van der Waals surface area contributed by atoms with Crippen LogP contribution in [0.5, 0.6) is 0 Å². The normalized spacial score (nSPS) is 26.5. The number of rotatable bonds is 4. The molecule has 15 heavy (non-hydrogen) atoms. The summed E-state index contributed by atoms with van der Waals surface area (Å²) in [6.07, 6.45) is 1.20. The highest BCUT2D eigenvalue weighted by Crippen LogP contribution is 2.29. The average Bonchev–Trinajstić information content (AvgIpc) is 2.57. The van der Waals surface area contributed by atoms with Gasteiger partial charge in [-0.25, -0.2) is 0 Å². The molecular formula is C10H19N3O2. The molecule has 1 atom stereocenters. The summed E-state index contributed by atoms with van der Waals surface area (Å²) in [5.74, 6) is -0.215. The van der Waals surface area contributed by atoms with Crippen LogP contribution in [-0.2, 0) is 9.59 Å². The van der Waals surface area contributed by atoms with Gasteiger partial charge in [0, 0.05) is 26.6 Å². The molecule has 0 saturated carbocycles. The molecule has 3 N–H and O–H groups in total. The van der Waals surface area contributed by atoms with Gasteiger partial charge in [0.05, 0.1) is 5.41 Å². The highest BCUT2D eigenvalue weighted by Gasteiger charge is 2.39. The molecule has 5 heteroatoms. The van der Waals surface area contributed by atoms with Gasteiger partial charge in [0.2, 0.25) is 11.8 Å². The zero-order valence-corrected chi connectivity index (χ0v) is 9.38. The highest BCUT2D eigenvalue weighted by molar-refractivity contribution is 5.82. The number of nitrogens with zero attached hydrogens (tertiary/aromatic N) is 1. The molecular weight excluding hydrogens is 194 g/mol. The summed E-state index contributed by atoms with van der Waals surface area (Å²) in [5, 5.41) is 2.68. The maximum Gasteiger partial charge on any atom is 0.227 e. The largest absolute Gasteiger partial charge is 0.370 e. The Morgan fingerprint density at radius 2 is 2.20 bits per heavy atom. The number of nitrogens with one attached hydrogen (secondary N) is 1. The topological polar surface area (TPSA) is 75.4 Å². The van der Waals surface area contributed by atoms with Gasteiger partial charge in [0.25, 0.3) is 0 Å². The van der Waals surface area contributed by atoms with Crippen LogP contribution in [0.15, 0.2) is 0 Å². The number of primary amides is 1. The van der Waals surface area contributed by atoms with E-state index < -0.39 is 0 Å². The minimum atomic E-state index is -0.313. The van der Waals surface area contributed by atoms with Crippen LogP contribution >= 0.6 is 0 Å². The third-order valence-corrected chi connectivity index (χ3v) is 3.00. The van der Waals surface area contributed by atoms with E-state index in [0.29, 0.717) is 19.5 Å². The van der Waals surface area contributed by atoms with Crippen LogP contribution in [0.2, 0.25) is 0 Å². The van der Waals surface area contributed by atoms with Gasteiger partial charge in [0.1, 0.15) is 0 Å². The number of carbonyl (C=O) groups excluding carboxylic acids is 2. The fourth-order valence-corrected chi connectivity index (χ4v) is 2.00. The first-order valence-corrected chi connectivity index (χ1v) is 5.21. The lowest BCUT2D eigenvalue weighted by molar-refractivity contribution is -0.129. The molecule has 1 heterocycles. The second kappa shape index (κ2) is 4.61. The zero-order chi connectivity index (χ0) is 11.5. The fraction of sp³-hybridized carbons (Fsp3) is 0.800. The summed E-state index contributed by atoms with van der Waals surface area (Å²) in [4.78, 5) is 24.3. The zero-order valence-electron chi connectivity index (χ0n) is 9.38. The summed E-state index contributed by atoms with van der Waals surface area (Å²) >= 11 is 0. The van der Waals surface area contributed by atoms with Crippen molar-refractivity contribution in [3.63, 3.8) is 0 Å². The molecule has 1 rings (SSSR count). The van der Waals surface area contributed by atoms with Gasteiger partial charge in [0.15, 0.2) is 0 Å². The van der Waals surface area contributed by atoms with E-state index in [0.717, 1.165) is 13.0 Å². The first-order chi connectivity index (χ1) is 6.98. The molecule has 0 aromatic heterocycles. The Morgan fingerprint density at radius 1 is 1.53 bits per heavy atom. The number of hydrogen-bond acceptors (Lipinski definition) is 3. The van der Waals surface area contributed by atoms with Crippen molar-refractivity contribution in [3.8, 4) is 0 Å². The van der Waals surface area contributed by atoms with Crippen molar-refractivity contribution < 1.29 is 9.59 Å². The predicted molar refractivity (Wildman–Crippen MR) is 57.0 cm³/mol. The number of likely N-dealkylation sites (tertiary alicyclic amines) is 1. The van der Waals surface area contributed by atoms with Gasteiger partial charge in [-0.15, -0.1) is 0 Å². The minimum Gasteiger partial charge on any atom is -0.370 e. The van der Waals surface area contributed by atoms with Crippen molar-refractivity contribution in [2.75, 3.05) is 26.7 Å². The van der Waals surface area contributed by atoms with E-state index in [4.69, 9.17) is 5.73 Å². The molecule has 1 fully saturated rings. The summed E-state index contributed by atoms with van der Waals surface area (Å²) in [6.45, 7) is 4.18. The van der Waals surface area contributed by atoms with Crippen LogP contribution in [-0.4, -0.2) is 43.4 Å². The second-order valence-electron chi connectivity index (χ2n) is 4.38. The molecule has 1 unspecified atom stereocenters. The first kappa shape index (κ1) is 12.0. The number of hydrogen-bond donors (Lipinski definition) is 2. The third kappa shape index (κ3) is 2.92. The maximum atomic E-state index is 11.6. The van der Waals surface area contributed by atoms with E-state index in [-0.39, 0.29) is 17.2 Å². The maximum absolute atomic E-state index is 11.6. The third-order valence-electron chi connectivity index (χ3n) is 3.00. The van der Waals surface area contributed by atoms with E-state index in [1.54, 1.807) is 7.05 Å². The molecule has 0 aromatic rings. The highest BCUT2D eigenvalue weighted by atomic mass is 16.2. The Kier molecular flexibility index (Phi) is 3.68. The quantitative estimate of drug-likeness (QED) is 0.649. The Balaban J connectivity index is 2.44. The second-order valence-corrected chi connectivity index (χ2v) is 4.38. The molecule has 1 aliphatic rings. The van der Waals surface area contributed by atoms with Crippen LogP contribution in [0, 0.1) is 5.41 Å². The van der Waals surface area contributed by atoms with Gasteiger partial charge in [-0.2, -0.15) is 0 Å². The predicted octanol–water partition coefficient (Wildman–Crippen LogP) is -0.680. The fourth-order valence-electron chi connectivity index (χ4n) is 2.00. The lowest BCUT2D eigenvalue weighted by Crippen LogP contribution is -2.39. The molecule has 86 valence electrons. The summed E-state index contributed by atoms with van der Waals surface area (Å²) in [5.41, 5.74) is 4.77. The van der Waals surface area contributed by atoms with Crippen LogP contribution in [0.25, 0.3) is 0 Å². The standard InChI is InChI=1S/C10H19N3O2/c1-10(9(15)12-2)4-6-13(7-10)5-3-8(11)14/h3-7H2,1-2H3,(H2,11,14)(H,12,15). The van der Waals surface area contributed by atoms with Crippen molar-refractivity contribution in [2.45, 2.75) is 19.8 Å². The van der Waals surface area contributed by atoms with Crippen molar-refractivity contribution in [1.29, 1.82) is 0 Å². The number of amides is 2. The van der Waals surface area contributed by atoms with Crippen LogP contribution in [0.4, 0.5) is 0 Å². The summed E-state index contributed by atoms with van der Waals surface area (Å²) < 4.78 is 0. The lowest BCUT2D eigenvalue weighted by atomic mass is 9.89. The Labute approximate surface area is 90.0 Å². The molecule has 0 aromatic carbocycles. The van der Waals surface area contributed by atoms with Gasteiger partial charge in [-0.3, -0.25) is 9.59 Å².